The zero-order chi connectivity index (χ0) is 37.4. The molecule has 5 atom stereocenters. The molecule has 1 N–H and O–H groups in total. The lowest BCUT2D eigenvalue weighted by Crippen LogP contribution is -2.47. The average molecular weight is 737 g/mol. The number of methoxy groups -OCH3 is 1. The molecule has 4 aliphatic rings. The Morgan fingerprint density at radius 3 is 2.62 bits per heavy atom. The summed E-state index contributed by atoms with van der Waals surface area (Å²) in [5.41, 5.74) is 0.136. The second-order valence-electron chi connectivity index (χ2n) is 15.2. The highest BCUT2D eigenvalue weighted by Crippen LogP contribution is 2.57. The second kappa shape index (κ2) is 14.6. The van der Waals surface area contributed by atoms with Gasteiger partial charge in [-0.2, -0.15) is 4.99 Å². The number of nitrogens with zero attached hydrogens (tertiary/aromatic N) is 3. The van der Waals surface area contributed by atoms with E-state index in [2.05, 4.69) is 9.71 Å². The van der Waals surface area contributed by atoms with Crippen molar-refractivity contribution in [1.82, 2.24) is 14.6 Å². The number of nitrogens with one attached hydrogen (secondary N) is 1. The van der Waals surface area contributed by atoms with Crippen LogP contribution in [-0.4, -0.2) is 84.7 Å². The monoisotopic (exact) mass is 736 g/mol. The molecule has 6 rings (SSSR count). The lowest BCUT2D eigenvalue weighted by atomic mass is 9.91. The Balaban J connectivity index is 1.34. The normalized spacial score (nSPS) is 28.1. The Hall–Kier alpha value is -4.29. The van der Waals surface area contributed by atoms with Gasteiger partial charge < -0.3 is 19.1 Å². The summed E-state index contributed by atoms with van der Waals surface area (Å²) in [4.78, 5) is 63.9. The van der Waals surface area contributed by atoms with Crippen molar-refractivity contribution in [3.05, 3.63) is 35.9 Å². The summed E-state index contributed by atoms with van der Waals surface area (Å²) in [5, 5.41) is 0.689. The number of ketones is 1. The number of benzene rings is 1. The Morgan fingerprint density at radius 1 is 1.15 bits per heavy atom. The highest BCUT2D eigenvalue weighted by Gasteiger charge is 2.62. The summed E-state index contributed by atoms with van der Waals surface area (Å²) in [5.74, 6) is -0.451. The van der Waals surface area contributed by atoms with Gasteiger partial charge in [0.15, 0.2) is 5.78 Å². The van der Waals surface area contributed by atoms with Crippen molar-refractivity contribution in [2.24, 2.45) is 16.3 Å². The number of pyridine rings is 1. The molecule has 280 valence electrons. The van der Waals surface area contributed by atoms with Gasteiger partial charge >= 0.3 is 0 Å². The predicted molar refractivity (Wildman–Crippen MR) is 192 cm³/mol. The first-order valence-corrected chi connectivity index (χ1v) is 19.7. The highest BCUT2D eigenvalue weighted by molar-refractivity contribution is 7.91. The van der Waals surface area contributed by atoms with Gasteiger partial charge in [-0.15, -0.1) is 0 Å². The van der Waals surface area contributed by atoms with E-state index in [1.165, 1.54) is 4.90 Å². The SMILES string of the molecule is COc1ccc2c(O[C@@H]3C[C@H]4C(=O)C[C@]5(C(=O)NS(=O)(=O)C6(C)CC6)C[C@@H]5/C=C\CCCCC[C@H](N=C=O)C(=O)N4C3)cc(OC(C)C)nc2c1C. The molecular weight excluding hydrogens is 689 g/mol. The maximum absolute atomic E-state index is 14.4. The van der Waals surface area contributed by atoms with Crippen LogP contribution in [-0.2, 0) is 29.2 Å². The number of aryl methyl sites for hydroxylation is 1. The Kier molecular flexibility index (Phi) is 10.5. The summed E-state index contributed by atoms with van der Waals surface area (Å²) in [6.07, 6.45) is 8.97. The number of allylic oxidation sites excluding steroid dienone is 2. The molecule has 0 bridgehead atoms. The van der Waals surface area contributed by atoms with Crippen LogP contribution in [0.25, 0.3) is 10.9 Å². The van der Waals surface area contributed by atoms with Crippen LogP contribution in [0.3, 0.4) is 0 Å². The van der Waals surface area contributed by atoms with Gasteiger partial charge in [-0.3, -0.25) is 19.1 Å². The number of aromatic nitrogens is 1. The first kappa shape index (κ1) is 37.5. The van der Waals surface area contributed by atoms with Crippen LogP contribution in [0.4, 0.5) is 0 Å². The maximum Gasteiger partial charge on any atom is 0.249 e. The van der Waals surface area contributed by atoms with Crippen molar-refractivity contribution in [3.63, 3.8) is 0 Å². The van der Waals surface area contributed by atoms with Gasteiger partial charge in [-0.25, -0.2) is 18.2 Å². The van der Waals surface area contributed by atoms with Gasteiger partial charge in [-0.05, 0) is 84.3 Å². The first-order valence-electron chi connectivity index (χ1n) is 18.2. The van der Waals surface area contributed by atoms with Crippen molar-refractivity contribution < 1.29 is 41.8 Å². The van der Waals surface area contributed by atoms with Crippen molar-refractivity contribution in [2.45, 2.75) is 121 Å². The van der Waals surface area contributed by atoms with E-state index in [1.54, 1.807) is 26.2 Å². The average Bonchev–Trinajstić information content (AvgIpc) is 3.97. The van der Waals surface area contributed by atoms with Crippen LogP contribution in [0.2, 0.25) is 0 Å². The van der Waals surface area contributed by atoms with Crippen molar-refractivity contribution >= 4 is 44.6 Å². The maximum atomic E-state index is 14.4. The standard InChI is InChI=1S/C38H48N4O9S/c1-23(2)50-33-18-32(27-13-14-31(49-5)24(3)34(27)40-33)51-26-17-29-30(44)20-38(36(46)41-52(47,48)37(4)15-16-37)19-25(38)11-9-7-6-8-10-12-28(39-22-43)35(45)42(29)21-26/h9,11,13-14,18,23,25-26,28-29H,6-8,10,12,15-17,19-21H2,1-5H3,(H,41,46)/b11-9-/t25-,26+,28-,29-,38+/m0/s1. The molecule has 3 heterocycles. The number of ether oxygens (including phenoxy) is 3. The molecule has 0 spiro atoms. The third-order valence-corrected chi connectivity index (χ3v) is 13.2. The van der Waals surface area contributed by atoms with Crippen molar-refractivity contribution in [2.75, 3.05) is 13.7 Å². The van der Waals surface area contributed by atoms with E-state index in [-0.39, 0.29) is 37.2 Å². The van der Waals surface area contributed by atoms with Crippen LogP contribution < -0.4 is 18.9 Å². The quantitative estimate of drug-likeness (QED) is 0.213. The van der Waals surface area contributed by atoms with Gasteiger partial charge in [0, 0.05) is 29.9 Å². The van der Waals surface area contributed by atoms with E-state index >= 15 is 0 Å². The van der Waals surface area contributed by atoms with Gasteiger partial charge in [0.2, 0.25) is 33.8 Å². The van der Waals surface area contributed by atoms with Crippen LogP contribution in [0.5, 0.6) is 17.4 Å². The molecule has 3 fully saturated rings. The summed E-state index contributed by atoms with van der Waals surface area (Å²) in [7, 11) is -2.36. The van der Waals surface area contributed by atoms with Gasteiger partial charge in [0.05, 0.1) is 41.5 Å². The number of hydrogen-bond donors (Lipinski definition) is 1. The Labute approximate surface area is 304 Å². The van der Waals surface area contributed by atoms with E-state index in [0.29, 0.717) is 60.4 Å². The van der Waals surface area contributed by atoms with Crippen LogP contribution in [0.1, 0.15) is 90.5 Å². The van der Waals surface area contributed by atoms with E-state index in [1.807, 2.05) is 45.1 Å². The van der Waals surface area contributed by atoms with Crippen LogP contribution in [0, 0.1) is 18.3 Å². The van der Waals surface area contributed by atoms with Gasteiger partial charge in [-0.1, -0.05) is 25.0 Å². The molecule has 2 aromatic rings. The number of aliphatic imine (C=N–C) groups is 1. The number of isocyanates is 1. The molecule has 0 unspecified atom stereocenters. The highest BCUT2D eigenvalue weighted by atomic mass is 32.2. The van der Waals surface area contributed by atoms with Crippen molar-refractivity contribution in [3.8, 4) is 17.4 Å². The summed E-state index contributed by atoms with van der Waals surface area (Å²) in [6, 6.07) is 3.32. The van der Waals surface area contributed by atoms with Crippen molar-refractivity contribution in [1.29, 1.82) is 0 Å². The zero-order valence-electron chi connectivity index (χ0n) is 30.5. The molecule has 1 aromatic heterocycles. The molecule has 2 amide bonds. The molecule has 14 heteroatoms. The minimum atomic E-state index is -3.94. The summed E-state index contributed by atoms with van der Waals surface area (Å²) < 4.78 is 45.6. The number of Topliss-reactive ketones (excluding diaryl/α,β-unsaturated/α-hetero) is 1. The van der Waals surface area contributed by atoms with E-state index in [4.69, 9.17) is 19.2 Å². The van der Waals surface area contributed by atoms with E-state index < -0.39 is 50.2 Å². The van der Waals surface area contributed by atoms with E-state index in [0.717, 1.165) is 24.8 Å². The Morgan fingerprint density at radius 2 is 1.92 bits per heavy atom. The second-order valence-corrected chi connectivity index (χ2v) is 17.4. The fraction of sp³-hybridized carbons (Fsp3) is 0.605. The lowest BCUT2D eigenvalue weighted by Gasteiger charge is -2.27. The van der Waals surface area contributed by atoms with E-state index in [9.17, 15) is 27.6 Å². The first-order chi connectivity index (χ1) is 24.7. The predicted octanol–water partition coefficient (Wildman–Crippen LogP) is 4.88. The Bertz CT molecular complexity index is 1940. The number of sulfonamides is 1. The third kappa shape index (κ3) is 7.45. The largest absolute Gasteiger partial charge is 0.496 e. The minimum absolute atomic E-state index is 0.0225. The topological polar surface area (TPSA) is 171 Å². The van der Waals surface area contributed by atoms with Gasteiger partial charge in [0.25, 0.3) is 0 Å². The molecule has 0 radical (unpaired) electrons. The van der Waals surface area contributed by atoms with Gasteiger partial charge in [0.1, 0.15) is 23.6 Å². The molecular formula is C38H48N4O9S. The fourth-order valence-electron chi connectivity index (χ4n) is 7.47. The molecule has 1 aromatic carbocycles. The lowest BCUT2D eigenvalue weighted by molar-refractivity contribution is -0.140. The van der Waals surface area contributed by atoms with Crippen LogP contribution in [0.15, 0.2) is 35.3 Å². The zero-order valence-corrected chi connectivity index (χ0v) is 31.3. The molecule has 1 saturated heterocycles. The summed E-state index contributed by atoms with van der Waals surface area (Å²) >= 11 is 0. The van der Waals surface area contributed by atoms with Crippen LogP contribution >= 0.6 is 0 Å². The molecule has 52 heavy (non-hydrogen) atoms. The third-order valence-electron chi connectivity index (χ3n) is 11.0. The molecule has 2 saturated carbocycles. The molecule has 2 aliphatic carbocycles. The number of carbonyl (C=O) groups is 3. The number of carbonyl (C=O) groups excluding carboxylic acids is 4. The molecule has 13 nitrogen and oxygen atoms in total. The minimum Gasteiger partial charge on any atom is -0.496 e. The summed E-state index contributed by atoms with van der Waals surface area (Å²) in [6.45, 7) is 7.29. The smallest absolute Gasteiger partial charge is 0.249 e. The fourth-order valence-corrected chi connectivity index (χ4v) is 8.81. The number of hydrogen-bond acceptors (Lipinski definition) is 11. The number of fused-ring (bicyclic) bond motifs is 3. The number of amides is 2. The molecule has 2 aliphatic heterocycles. The number of rotatable bonds is 9.